The molecule has 3 saturated heterocycles. The van der Waals surface area contributed by atoms with Crippen LogP contribution < -0.4 is 23.7 Å². The predicted molar refractivity (Wildman–Crippen MR) is 152 cm³/mol. The molecule has 0 aromatic heterocycles. The number of aliphatic hydroxyl groups excluding tert-OH is 2. The molecule has 0 spiro atoms. The highest BCUT2D eigenvalue weighted by Crippen LogP contribution is 2.56. The van der Waals surface area contributed by atoms with Gasteiger partial charge in [-0.15, -0.1) is 0 Å². The van der Waals surface area contributed by atoms with Crippen LogP contribution in [-0.4, -0.2) is 94.1 Å². The second kappa shape index (κ2) is 11.8. The van der Waals surface area contributed by atoms with Crippen LogP contribution in [0.2, 0.25) is 0 Å². The number of benzene rings is 2. The average Bonchev–Trinajstić information content (AvgIpc) is 3.68. The van der Waals surface area contributed by atoms with Crippen molar-refractivity contribution in [3.8, 4) is 28.7 Å². The molecule has 0 saturated carbocycles. The van der Waals surface area contributed by atoms with Crippen molar-refractivity contribution in [1.29, 1.82) is 0 Å². The number of rotatable bonds is 7. The Morgan fingerprint density at radius 1 is 0.841 bits per heavy atom. The zero-order valence-electron chi connectivity index (χ0n) is 25.5. The van der Waals surface area contributed by atoms with E-state index in [-0.39, 0.29) is 37.3 Å². The van der Waals surface area contributed by atoms with E-state index in [0.29, 0.717) is 42.0 Å². The number of hydrogen-bond acceptors (Lipinski definition) is 12. The summed E-state index contributed by atoms with van der Waals surface area (Å²) in [7, 11) is 3.23. The van der Waals surface area contributed by atoms with E-state index in [0.717, 1.165) is 16.7 Å². The third-order valence-electron chi connectivity index (χ3n) is 9.17. The van der Waals surface area contributed by atoms with Crippen LogP contribution in [0.15, 0.2) is 24.3 Å². The first-order valence-electron chi connectivity index (χ1n) is 15.1. The number of ether oxygens (including phenoxy) is 10. The van der Waals surface area contributed by atoms with Crippen molar-refractivity contribution in [1.82, 2.24) is 0 Å². The zero-order chi connectivity index (χ0) is 30.7. The molecule has 12 nitrogen and oxygen atoms in total. The van der Waals surface area contributed by atoms with Gasteiger partial charge in [-0.1, -0.05) is 0 Å². The summed E-state index contributed by atoms with van der Waals surface area (Å²) in [6.45, 7) is 6.90. The molecule has 2 aromatic rings. The van der Waals surface area contributed by atoms with Gasteiger partial charge < -0.3 is 57.6 Å². The van der Waals surface area contributed by atoms with Gasteiger partial charge in [0, 0.05) is 17.8 Å². The van der Waals surface area contributed by atoms with Crippen molar-refractivity contribution in [2.75, 3.05) is 40.8 Å². The van der Waals surface area contributed by atoms with E-state index in [4.69, 9.17) is 47.4 Å². The highest BCUT2D eigenvalue weighted by atomic mass is 16.8. The fourth-order valence-electron chi connectivity index (χ4n) is 7.18. The van der Waals surface area contributed by atoms with E-state index in [1.54, 1.807) is 21.1 Å². The highest BCUT2D eigenvalue weighted by Gasteiger charge is 2.53. The van der Waals surface area contributed by atoms with Crippen LogP contribution in [-0.2, 0) is 23.7 Å². The Hall–Kier alpha value is -2.84. The van der Waals surface area contributed by atoms with E-state index in [9.17, 15) is 10.2 Å². The van der Waals surface area contributed by atoms with Crippen LogP contribution in [0.5, 0.6) is 28.7 Å². The summed E-state index contributed by atoms with van der Waals surface area (Å²) in [6, 6.07) is 7.92. The quantitative estimate of drug-likeness (QED) is 0.474. The molecule has 7 rings (SSSR count). The Balaban J connectivity index is 1.29. The van der Waals surface area contributed by atoms with Gasteiger partial charge in [0.25, 0.3) is 0 Å². The molecule has 1 unspecified atom stereocenters. The van der Waals surface area contributed by atoms with Gasteiger partial charge in [-0.25, -0.2) is 0 Å². The summed E-state index contributed by atoms with van der Waals surface area (Å²) in [5.41, 5.74) is 2.80. The molecule has 0 amide bonds. The highest BCUT2D eigenvalue weighted by molar-refractivity contribution is 5.59. The standard InChI is InChI=1S/C32H40O12/c1-14(2)41-30-23(35-4)6-16(7-24(30)36-5)26-17-8-21-22(40-13-39-21)9-18(17)29(20-11-37-10-19(20)26)44-32-28(34)27(33)31-25(43-32)12-38-15(3)42-31/h6-9,14-15,19-20,25-29,31-34H,10-13H2,1-5H3/t15-,19+,20?,25-,26-,27-,28-,29-,31-,32+/m1/s1. The topological polar surface area (TPSA) is 133 Å². The van der Waals surface area contributed by atoms with Crippen LogP contribution in [0, 0.1) is 11.8 Å². The molecule has 0 radical (unpaired) electrons. The summed E-state index contributed by atoms with van der Waals surface area (Å²) in [5.74, 6) is 2.66. The maximum absolute atomic E-state index is 11.1. The molecule has 1 aliphatic carbocycles. The van der Waals surface area contributed by atoms with Gasteiger partial charge in [0.1, 0.15) is 24.4 Å². The summed E-state index contributed by atoms with van der Waals surface area (Å²) >= 11 is 0. The number of methoxy groups -OCH3 is 2. The molecule has 0 bridgehead atoms. The molecule has 10 atom stereocenters. The fraction of sp³-hybridized carbons (Fsp3) is 0.625. The number of fused-ring (bicyclic) bond motifs is 4. The van der Waals surface area contributed by atoms with Crippen molar-refractivity contribution in [2.45, 2.75) is 75.9 Å². The molecule has 2 N–H and O–H groups in total. The third kappa shape index (κ3) is 5.06. The van der Waals surface area contributed by atoms with E-state index >= 15 is 0 Å². The lowest BCUT2D eigenvalue weighted by molar-refractivity contribution is -0.364. The van der Waals surface area contributed by atoms with E-state index in [2.05, 4.69) is 0 Å². The number of aliphatic hydroxyl groups is 2. The van der Waals surface area contributed by atoms with Gasteiger partial charge in [-0.05, 0) is 61.7 Å². The SMILES string of the molecule is COc1cc([C@@H]2c3cc4c(cc3[C@@H](O[C@@H]3O[C@@H]5CO[C@@H](C)O[C@H]5[C@H](O)[C@H]3O)C3COC[C@@H]32)OCO4)cc(OC)c1OC(C)C. The van der Waals surface area contributed by atoms with E-state index in [1.165, 1.54) is 0 Å². The molecule has 4 aliphatic heterocycles. The Labute approximate surface area is 255 Å². The smallest absolute Gasteiger partial charge is 0.231 e. The second-order valence-electron chi connectivity index (χ2n) is 12.2. The van der Waals surface area contributed by atoms with Gasteiger partial charge in [-0.3, -0.25) is 0 Å². The lowest BCUT2D eigenvalue weighted by Gasteiger charge is -2.48. The Kier molecular flexibility index (Phi) is 8.02. The molecule has 2 aromatic carbocycles. The van der Waals surface area contributed by atoms with Crippen molar-refractivity contribution in [2.24, 2.45) is 11.8 Å². The minimum atomic E-state index is -1.33. The van der Waals surface area contributed by atoms with E-state index in [1.807, 2.05) is 38.1 Å². The lowest BCUT2D eigenvalue weighted by atomic mass is 9.66. The first-order chi connectivity index (χ1) is 21.3. The maximum atomic E-state index is 11.1. The van der Waals surface area contributed by atoms with Gasteiger partial charge >= 0.3 is 0 Å². The van der Waals surface area contributed by atoms with Crippen LogP contribution >= 0.6 is 0 Å². The van der Waals surface area contributed by atoms with Crippen LogP contribution in [0.3, 0.4) is 0 Å². The molecule has 44 heavy (non-hydrogen) atoms. The second-order valence-corrected chi connectivity index (χ2v) is 12.2. The van der Waals surface area contributed by atoms with Gasteiger partial charge in [0.05, 0.1) is 46.2 Å². The molecule has 240 valence electrons. The minimum Gasteiger partial charge on any atom is -0.493 e. The van der Waals surface area contributed by atoms with Crippen molar-refractivity contribution < 1.29 is 57.6 Å². The van der Waals surface area contributed by atoms with Gasteiger partial charge in [0.2, 0.25) is 12.5 Å². The molecular weight excluding hydrogens is 576 g/mol. The van der Waals surface area contributed by atoms with Crippen LogP contribution in [0.1, 0.15) is 49.5 Å². The third-order valence-corrected chi connectivity index (χ3v) is 9.17. The minimum absolute atomic E-state index is 0.0141. The summed E-state index contributed by atoms with van der Waals surface area (Å²) in [5, 5.41) is 22.1. The first-order valence-corrected chi connectivity index (χ1v) is 15.1. The molecule has 4 heterocycles. The first kappa shape index (κ1) is 29.8. The Bertz CT molecular complexity index is 1340. The normalized spacial score (nSPS) is 35.5. The Morgan fingerprint density at radius 2 is 1.52 bits per heavy atom. The van der Waals surface area contributed by atoms with Crippen molar-refractivity contribution in [3.05, 3.63) is 41.0 Å². The van der Waals surface area contributed by atoms with Crippen LogP contribution in [0.25, 0.3) is 0 Å². The van der Waals surface area contributed by atoms with Gasteiger partial charge in [-0.2, -0.15) is 0 Å². The van der Waals surface area contributed by atoms with Crippen molar-refractivity contribution in [3.63, 3.8) is 0 Å². The molecule has 3 fully saturated rings. The maximum Gasteiger partial charge on any atom is 0.231 e. The lowest BCUT2D eigenvalue weighted by Crippen LogP contribution is -2.63. The van der Waals surface area contributed by atoms with Gasteiger partial charge in [0.15, 0.2) is 35.6 Å². The molecule has 5 aliphatic rings. The average molecular weight is 617 g/mol. The number of hydrogen-bond donors (Lipinski definition) is 2. The zero-order valence-corrected chi connectivity index (χ0v) is 25.5. The predicted octanol–water partition coefficient (Wildman–Crippen LogP) is 2.89. The fourth-order valence-corrected chi connectivity index (χ4v) is 7.18. The summed E-state index contributed by atoms with van der Waals surface area (Å²) < 4.78 is 59.5. The van der Waals surface area contributed by atoms with Crippen LogP contribution in [0.4, 0.5) is 0 Å². The summed E-state index contributed by atoms with van der Waals surface area (Å²) in [4.78, 5) is 0. The Morgan fingerprint density at radius 3 is 2.20 bits per heavy atom. The summed E-state index contributed by atoms with van der Waals surface area (Å²) in [6.07, 6.45) is -6.11. The largest absolute Gasteiger partial charge is 0.493 e. The van der Waals surface area contributed by atoms with Crippen molar-refractivity contribution >= 4 is 0 Å². The molecular formula is C32H40O12. The van der Waals surface area contributed by atoms with E-state index < -0.39 is 43.1 Å². The molecule has 12 heteroatoms. The monoisotopic (exact) mass is 616 g/mol.